The van der Waals surface area contributed by atoms with Gasteiger partial charge in [0.15, 0.2) is 17.9 Å². The molecule has 94 valence electrons. The minimum absolute atomic E-state index is 0.488. The zero-order chi connectivity index (χ0) is 13.4. The van der Waals surface area contributed by atoms with Crippen molar-refractivity contribution in [1.29, 1.82) is 0 Å². The van der Waals surface area contributed by atoms with E-state index in [1.807, 2.05) is 0 Å². The number of phosphoric ester groups is 1. The molecule has 1 aromatic carbocycles. The number of benzene rings is 1. The van der Waals surface area contributed by atoms with Gasteiger partial charge >= 0.3 is 7.82 Å². The Hall–Kier alpha value is -1.44. The molecule has 5 nitrogen and oxygen atoms in total. The maximum absolute atomic E-state index is 13.0. The molecular formula is C7H3F4O5P. The molecule has 0 spiro atoms. The number of hydrogen-bond acceptors (Lipinski definition) is 3. The number of rotatable bonds is 3. The van der Waals surface area contributed by atoms with Crippen LogP contribution in [0, 0.1) is 23.3 Å². The van der Waals surface area contributed by atoms with Gasteiger partial charge in [0.2, 0.25) is 17.4 Å². The highest BCUT2D eigenvalue weighted by atomic mass is 31.2. The highest BCUT2D eigenvalue weighted by molar-refractivity contribution is 7.46. The lowest BCUT2D eigenvalue weighted by atomic mass is 10.2. The standard InChI is InChI=1S/C7H3F4O5P/c8-3-2(1-12)4(9)6(11)7(5(3)10)16-17(13,14)15/h1H,(H2,13,14,15). The van der Waals surface area contributed by atoms with Crippen LogP contribution in [0.3, 0.4) is 0 Å². The third kappa shape index (κ3) is 2.63. The van der Waals surface area contributed by atoms with Gasteiger partial charge in [-0.15, -0.1) is 0 Å². The molecule has 0 amide bonds. The van der Waals surface area contributed by atoms with Crippen molar-refractivity contribution in [2.45, 2.75) is 0 Å². The van der Waals surface area contributed by atoms with Crippen LogP contribution in [-0.4, -0.2) is 16.1 Å². The van der Waals surface area contributed by atoms with Crippen LogP contribution in [-0.2, 0) is 4.57 Å². The fraction of sp³-hybridized carbons (Fsp3) is 0. The molecule has 0 bridgehead atoms. The van der Waals surface area contributed by atoms with E-state index in [1.165, 1.54) is 0 Å². The zero-order valence-corrected chi connectivity index (χ0v) is 8.55. The Morgan fingerprint density at radius 3 is 1.71 bits per heavy atom. The van der Waals surface area contributed by atoms with E-state index in [9.17, 15) is 26.9 Å². The lowest BCUT2D eigenvalue weighted by Gasteiger charge is -2.10. The van der Waals surface area contributed by atoms with E-state index in [0.717, 1.165) is 0 Å². The average molecular weight is 274 g/mol. The quantitative estimate of drug-likeness (QED) is 0.378. The van der Waals surface area contributed by atoms with Gasteiger partial charge in [-0.1, -0.05) is 0 Å². The van der Waals surface area contributed by atoms with E-state index >= 15 is 0 Å². The summed E-state index contributed by atoms with van der Waals surface area (Å²) in [6.07, 6.45) is -0.488. The van der Waals surface area contributed by atoms with Gasteiger partial charge < -0.3 is 4.52 Å². The highest BCUT2D eigenvalue weighted by Gasteiger charge is 2.30. The highest BCUT2D eigenvalue weighted by Crippen LogP contribution is 2.41. The Balaban J connectivity index is 3.53. The average Bonchev–Trinajstić information content (AvgIpc) is 2.21. The van der Waals surface area contributed by atoms with Crippen molar-refractivity contribution in [2.24, 2.45) is 0 Å². The molecule has 2 N–H and O–H groups in total. The van der Waals surface area contributed by atoms with Gasteiger partial charge in [-0.25, -0.2) is 13.3 Å². The van der Waals surface area contributed by atoms with Crippen molar-refractivity contribution < 1.29 is 41.2 Å². The number of phosphoric acid groups is 1. The summed E-state index contributed by atoms with van der Waals surface area (Å²) >= 11 is 0. The van der Waals surface area contributed by atoms with E-state index in [1.54, 1.807) is 0 Å². The fourth-order valence-corrected chi connectivity index (χ4v) is 1.33. The second-order valence-corrected chi connectivity index (χ2v) is 3.86. The van der Waals surface area contributed by atoms with Crippen molar-refractivity contribution in [3.05, 3.63) is 28.8 Å². The second-order valence-electron chi connectivity index (χ2n) is 2.70. The molecule has 0 aliphatic heterocycles. The molecule has 0 aliphatic rings. The Kier molecular flexibility index (Phi) is 3.56. The summed E-state index contributed by atoms with van der Waals surface area (Å²) in [6, 6.07) is 0. The maximum atomic E-state index is 13.0. The summed E-state index contributed by atoms with van der Waals surface area (Å²) in [6.45, 7) is 0. The van der Waals surface area contributed by atoms with Gasteiger partial charge in [0.25, 0.3) is 0 Å². The number of halogens is 4. The molecule has 17 heavy (non-hydrogen) atoms. The monoisotopic (exact) mass is 274 g/mol. The first-order chi connectivity index (χ1) is 7.69. The molecule has 10 heteroatoms. The van der Waals surface area contributed by atoms with Crippen molar-refractivity contribution in [3.8, 4) is 5.75 Å². The van der Waals surface area contributed by atoms with Crippen molar-refractivity contribution >= 4 is 14.1 Å². The minimum Gasteiger partial charge on any atom is -0.398 e. The Morgan fingerprint density at radius 1 is 1.00 bits per heavy atom. The summed E-state index contributed by atoms with van der Waals surface area (Å²) < 4.78 is 65.6. The van der Waals surface area contributed by atoms with Gasteiger partial charge in [-0.05, 0) is 0 Å². The maximum Gasteiger partial charge on any atom is 0.525 e. The predicted octanol–water partition coefficient (Wildman–Crippen LogP) is 1.53. The van der Waals surface area contributed by atoms with Crippen LogP contribution in [0.2, 0.25) is 0 Å². The van der Waals surface area contributed by atoms with Crippen LogP contribution >= 0.6 is 7.82 Å². The van der Waals surface area contributed by atoms with Gasteiger partial charge in [-0.2, -0.15) is 8.78 Å². The third-order valence-corrected chi connectivity index (χ3v) is 2.01. The Labute approximate surface area is 90.9 Å². The molecule has 0 saturated heterocycles. The van der Waals surface area contributed by atoms with Crippen LogP contribution < -0.4 is 4.52 Å². The van der Waals surface area contributed by atoms with Crippen LogP contribution in [0.25, 0.3) is 0 Å². The second kappa shape index (κ2) is 4.44. The van der Waals surface area contributed by atoms with Crippen LogP contribution in [0.4, 0.5) is 17.6 Å². The number of carbonyl (C=O) groups excluding carboxylic acids is 1. The first-order valence-electron chi connectivity index (χ1n) is 3.75. The van der Waals surface area contributed by atoms with Gasteiger partial charge in [-0.3, -0.25) is 14.6 Å². The molecule has 0 atom stereocenters. The molecule has 0 unspecified atom stereocenters. The molecule has 1 aromatic rings. The smallest absolute Gasteiger partial charge is 0.398 e. The van der Waals surface area contributed by atoms with E-state index in [4.69, 9.17) is 9.79 Å². The normalized spacial score (nSPS) is 11.4. The summed E-state index contributed by atoms with van der Waals surface area (Å²) in [4.78, 5) is 26.7. The predicted molar refractivity (Wildman–Crippen MR) is 44.3 cm³/mol. The Bertz CT molecular complexity index is 496. The van der Waals surface area contributed by atoms with E-state index in [2.05, 4.69) is 4.52 Å². The minimum atomic E-state index is -5.41. The van der Waals surface area contributed by atoms with Gasteiger partial charge in [0.05, 0.1) is 5.56 Å². The molecule has 0 aliphatic carbocycles. The molecule has 0 heterocycles. The van der Waals surface area contributed by atoms with Crippen molar-refractivity contribution in [3.63, 3.8) is 0 Å². The summed E-state index contributed by atoms with van der Waals surface area (Å²) in [5.74, 6) is -10.6. The molecule has 0 radical (unpaired) electrons. The topological polar surface area (TPSA) is 83.8 Å². The molecule has 1 rings (SSSR count). The third-order valence-electron chi connectivity index (χ3n) is 1.59. The fourth-order valence-electron chi connectivity index (χ4n) is 0.931. The van der Waals surface area contributed by atoms with Crippen LogP contribution in [0.15, 0.2) is 0 Å². The van der Waals surface area contributed by atoms with E-state index < -0.39 is 48.7 Å². The van der Waals surface area contributed by atoms with E-state index in [0.29, 0.717) is 0 Å². The zero-order valence-electron chi connectivity index (χ0n) is 7.66. The number of aldehydes is 1. The van der Waals surface area contributed by atoms with Crippen molar-refractivity contribution in [1.82, 2.24) is 0 Å². The summed E-state index contributed by atoms with van der Waals surface area (Å²) in [7, 11) is -5.41. The van der Waals surface area contributed by atoms with Crippen molar-refractivity contribution in [2.75, 3.05) is 0 Å². The summed E-state index contributed by atoms with van der Waals surface area (Å²) in [5.41, 5.74) is -1.54. The van der Waals surface area contributed by atoms with Crippen LogP contribution in [0.5, 0.6) is 5.75 Å². The number of carbonyl (C=O) groups is 1. The molecule has 0 saturated carbocycles. The van der Waals surface area contributed by atoms with E-state index in [-0.39, 0.29) is 0 Å². The molecule has 0 fully saturated rings. The largest absolute Gasteiger partial charge is 0.525 e. The van der Waals surface area contributed by atoms with Gasteiger partial charge in [0, 0.05) is 0 Å². The first kappa shape index (κ1) is 13.6. The SMILES string of the molecule is O=Cc1c(F)c(F)c(OP(=O)(O)O)c(F)c1F. The lowest BCUT2D eigenvalue weighted by Crippen LogP contribution is -2.06. The Morgan fingerprint density at radius 2 is 1.41 bits per heavy atom. The first-order valence-corrected chi connectivity index (χ1v) is 5.28. The summed E-state index contributed by atoms with van der Waals surface area (Å²) in [5, 5.41) is 0. The lowest BCUT2D eigenvalue weighted by molar-refractivity contribution is 0.111. The molecular weight excluding hydrogens is 271 g/mol. The number of hydrogen-bond donors (Lipinski definition) is 2. The van der Waals surface area contributed by atoms with Gasteiger partial charge in [0.1, 0.15) is 0 Å². The van der Waals surface area contributed by atoms with Crippen LogP contribution in [0.1, 0.15) is 10.4 Å². The molecule has 0 aromatic heterocycles.